The molecule has 0 unspecified atom stereocenters. The van der Waals surface area contributed by atoms with Crippen molar-refractivity contribution in [1.82, 2.24) is 0 Å². The van der Waals surface area contributed by atoms with Gasteiger partial charge in [-0.05, 0) is 53.5 Å². The summed E-state index contributed by atoms with van der Waals surface area (Å²) in [5.41, 5.74) is 1.59. The van der Waals surface area contributed by atoms with E-state index in [9.17, 15) is 0 Å². The molecule has 0 aromatic heterocycles. The van der Waals surface area contributed by atoms with Gasteiger partial charge in [-0.2, -0.15) is 0 Å². The molecule has 2 fully saturated rings. The normalized spacial score (nSPS) is 22.9. The third-order valence-corrected chi connectivity index (χ3v) is 11.3. The zero-order valence-electron chi connectivity index (χ0n) is 26.1. The predicted octanol–water partition coefficient (Wildman–Crippen LogP) is 9.66. The summed E-state index contributed by atoms with van der Waals surface area (Å²) < 4.78 is 35.9. The molecular weight excluding hydrogens is 647 g/mol. The highest BCUT2D eigenvalue weighted by atomic mass is 35.5. The van der Waals surface area contributed by atoms with Gasteiger partial charge in [-0.25, -0.2) is 0 Å². The number of halogens is 1. The summed E-state index contributed by atoms with van der Waals surface area (Å²) in [6.07, 6.45) is -2.11. The molecule has 0 aliphatic carbocycles. The zero-order chi connectivity index (χ0) is 32.5. The molecule has 0 amide bonds. The molecule has 5 aromatic carbocycles. The average molecular weight is 683 g/mol. The van der Waals surface area contributed by atoms with Crippen molar-refractivity contribution in [1.29, 1.82) is 0 Å². The SMILES string of the molecule is CC1(C)O[C@@H]2[C@@H](O1)C(c1ccccc1)(c1ccccc1)OP(=S)(O[C@@H](CCl)c1ccccc1)OC2(c1ccccc1)c1ccccc1. The molecule has 47 heavy (non-hydrogen) atoms. The molecule has 2 saturated heterocycles. The number of hydrogen-bond acceptors (Lipinski definition) is 6. The topological polar surface area (TPSA) is 46.2 Å². The van der Waals surface area contributed by atoms with Crippen LogP contribution < -0.4 is 0 Å². The van der Waals surface area contributed by atoms with Gasteiger partial charge in [-0.3, -0.25) is 13.6 Å². The first-order chi connectivity index (χ1) is 22.8. The quantitative estimate of drug-likeness (QED) is 0.120. The van der Waals surface area contributed by atoms with Gasteiger partial charge in [0.25, 0.3) is 0 Å². The summed E-state index contributed by atoms with van der Waals surface area (Å²) in [5.74, 6) is -0.871. The number of alkyl halides is 1. The van der Waals surface area contributed by atoms with Gasteiger partial charge in [0.2, 0.25) is 0 Å². The summed E-state index contributed by atoms with van der Waals surface area (Å²) in [5, 5.41) is 0. The van der Waals surface area contributed by atoms with Crippen LogP contribution in [-0.4, -0.2) is 23.9 Å². The fraction of sp³-hybridized carbons (Fsp3) is 0.231. The molecule has 0 N–H and O–H groups in total. The zero-order valence-corrected chi connectivity index (χ0v) is 28.6. The fourth-order valence-corrected chi connectivity index (χ4v) is 10.1. The van der Waals surface area contributed by atoms with Crippen molar-refractivity contribution in [3.05, 3.63) is 179 Å². The van der Waals surface area contributed by atoms with E-state index in [0.717, 1.165) is 27.8 Å². The molecule has 2 heterocycles. The Morgan fingerprint density at radius 3 is 1.23 bits per heavy atom. The minimum atomic E-state index is -3.81. The Morgan fingerprint density at radius 1 is 0.596 bits per heavy atom. The smallest absolute Gasteiger partial charge is 0.330 e. The highest BCUT2D eigenvalue weighted by Gasteiger charge is 2.68. The Labute approximate surface area is 286 Å². The predicted molar refractivity (Wildman–Crippen MR) is 189 cm³/mol. The van der Waals surface area contributed by atoms with Crippen LogP contribution in [0.1, 0.15) is 47.8 Å². The van der Waals surface area contributed by atoms with Crippen LogP contribution in [0.2, 0.25) is 0 Å². The van der Waals surface area contributed by atoms with Gasteiger partial charge >= 0.3 is 6.72 Å². The number of ether oxygens (including phenoxy) is 2. The van der Waals surface area contributed by atoms with Gasteiger partial charge in [0.1, 0.15) is 18.3 Å². The van der Waals surface area contributed by atoms with Crippen molar-refractivity contribution in [2.75, 3.05) is 5.88 Å². The first-order valence-corrected chi connectivity index (χ1v) is 18.8. The monoisotopic (exact) mass is 682 g/mol. The van der Waals surface area contributed by atoms with Crippen LogP contribution in [0.15, 0.2) is 152 Å². The maximum atomic E-state index is 7.44. The van der Waals surface area contributed by atoms with Crippen LogP contribution >= 0.6 is 18.3 Å². The number of benzene rings is 5. The third-order valence-electron chi connectivity index (χ3n) is 8.79. The van der Waals surface area contributed by atoms with Crippen LogP contribution in [0.25, 0.3) is 0 Å². The maximum Gasteiger partial charge on any atom is 0.330 e. The lowest BCUT2D eigenvalue weighted by Crippen LogP contribution is -2.53. The average Bonchev–Trinajstić information content (AvgIpc) is 3.42. The van der Waals surface area contributed by atoms with E-state index in [4.69, 9.17) is 46.5 Å². The highest BCUT2D eigenvalue weighted by Crippen LogP contribution is 2.70. The summed E-state index contributed by atoms with van der Waals surface area (Å²) in [6, 6.07) is 49.9. The number of hydrogen-bond donors (Lipinski definition) is 0. The van der Waals surface area contributed by atoms with Crippen molar-refractivity contribution >= 4 is 30.1 Å². The molecule has 8 heteroatoms. The van der Waals surface area contributed by atoms with Crippen LogP contribution in [-0.2, 0) is 46.1 Å². The van der Waals surface area contributed by atoms with Crippen molar-refractivity contribution < 1.29 is 23.0 Å². The van der Waals surface area contributed by atoms with E-state index in [-0.39, 0.29) is 5.88 Å². The Hall–Kier alpha value is -3.16. The van der Waals surface area contributed by atoms with E-state index in [1.54, 1.807) is 0 Å². The summed E-state index contributed by atoms with van der Waals surface area (Å²) in [6.45, 7) is 0.0437. The third kappa shape index (κ3) is 5.92. The molecular formula is C39H36ClO5PS. The van der Waals surface area contributed by atoms with E-state index < -0.39 is 42.0 Å². The van der Waals surface area contributed by atoms with Crippen molar-refractivity contribution in [3.63, 3.8) is 0 Å². The van der Waals surface area contributed by atoms with E-state index >= 15 is 0 Å². The van der Waals surface area contributed by atoms with Crippen LogP contribution in [0.5, 0.6) is 0 Å². The minimum absolute atomic E-state index is 0.134. The van der Waals surface area contributed by atoms with Gasteiger partial charge in [-0.15, -0.1) is 11.6 Å². The molecule has 0 spiro atoms. The second-order valence-electron chi connectivity index (χ2n) is 12.2. The molecule has 3 atom stereocenters. The van der Waals surface area contributed by atoms with Crippen molar-refractivity contribution in [3.8, 4) is 0 Å². The number of fused-ring (bicyclic) bond motifs is 1. The Balaban J connectivity index is 1.57. The second-order valence-corrected chi connectivity index (χ2v) is 15.3. The molecule has 7 rings (SSSR count). The Morgan fingerprint density at radius 2 is 0.915 bits per heavy atom. The minimum Gasteiger partial charge on any atom is -0.341 e. The van der Waals surface area contributed by atoms with Gasteiger partial charge in [0, 0.05) is 0 Å². The molecule has 5 aromatic rings. The molecule has 0 saturated carbocycles. The fourth-order valence-electron chi connectivity index (χ4n) is 6.82. The largest absolute Gasteiger partial charge is 0.341 e. The molecule has 0 bridgehead atoms. The van der Waals surface area contributed by atoms with Gasteiger partial charge in [0.05, 0.1) is 5.88 Å². The van der Waals surface area contributed by atoms with Gasteiger partial charge in [-0.1, -0.05) is 152 Å². The first-order valence-electron chi connectivity index (χ1n) is 15.7. The molecule has 5 nitrogen and oxygen atoms in total. The van der Waals surface area contributed by atoms with Crippen LogP contribution in [0, 0.1) is 0 Å². The first kappa shape index (κ1) is 32.4. The lowest BCUT2D eigenvalue weighted by molar-refractivity contribution is -0.177. The standard InChI is InChI=1S/C39H36ClO5PS/c1-37(2)41-35-36(42-37)39(32-24-14-6-15-25-32,33-26-16-7-17-27-33)45-46(47,43-34(28-40)29-18-8-3-9-19-29)44-38(35,30-20-10-4-11-21-30)31-22-12-5-13-23-31/h3-27,34-36H,28H2,1-2H3/t34-,35+,36+/m0/s1. The summed E-state index contributed by atoms with van der Waals surface area (Å²) >= 11 is 13.2. The van der Waals surface area contributed by atoms with Crippen LogP contribution in [0.3, 0.4) is 0 Å². The number of rotatable bonds is 8. The summed E-state index contributed by atoms with van der Waals surface area (Å²) in [4.78, 5) is 0. The molecule has 240 valence electrons. The van der Waals surface area contributed by atoms with Gasteiger partial charge < -0.3 is 9.47 Å². The molecule has 2 aliphatic rings. The Kier molecular flexibility index (Phi) is 8.99. The van der Waals surface area contributed by atoms with E-state index in [0.29, 0.717) is 0 Å². The lowest BCUT2D eigenvalue weighted by atomic mass is 9.72. The van der Waals surface area contributed by atoms with Crippen molar-refractivity contribution in [2.45, 2.75) is 49.1 Å². The molecule has 2 aliphatic heterocycles. The van der Waals surface area contributed by atoms with E-state index in [2.05, 4.69) is 0 Å². The van der Waals surface area contributed by atoms with Gasteiger partial charge in [0.15, 0.2) is 17.0 Å². The van der Waals surface area contributed by atoms with E-state index in [1.807, 2.05) is 166 Å². The van der Waals surface area contributed by atoms with Crippen LogP contribution in [0.4, 0.5) is 0 Å². The lowest BCUT2D eigenvalue weighted by Gasteiger charge is -2.41. The second kappa shape index (κ2) is 13.0. The van der Waals surface area contributed by atoms with Crippen molar-refractivity contribution in [2.24, 2.45) is 0 Å². The molecule has 0 radical (unpaired) electrons. The van der Waals surface area contributed by atoms with E-state index in [1.165, 1.54) is 0 Å². The summed E-state index contributed by atoms with van der Waals surface area (Å²) in [7, 11) is 0. The Bertz CT molecular complexity index is 1640. The highest BCUT2D eigenvalue weighted by molar-refractivity contribution is 8.07. The maximum absolute atomic E-state index is 7.44.